The van der Waals surface area contributed by atoms with Crippen molar-refractivity contribution >= 4 is 0 Å². The summed E-state index contributed by atoms with van der Waals surface area (Å²) < 4.78 is 36.1. The van der Waals surface area contributed by atoms with E-state index in [0.29, 0.717) is 31.6 Å². The molecule has 5 fully saturated rings. The first-order valence-corrected chi connectivity index (χ1v) is 20.8. The van der Waals surface area contributed by atoms with Crippen molar-refractivity contribution in [3.8, 4) is 0 Å². The number of hydrogen-bond donors (Lipinski definition) is 8. The van der Waals surface area contributed by atoms with Crippen LogP contribution in [0.5, 0.6) is 0 Å². The lowest BCUT2D eigenvalue weighted by Crippen LogP contribution is -2.60. The number of fused-ring (bicyclic) bond motifs is 4. The van der Waals surface area contributed by atoms with Gasteiger partial charge in [0.1, 0.15) is 54.9 Å². The first-order chi connectivity index (χ1) is 26.0. The van der Waals surface area contributed by atoms with Crippen LogP contribution < -0.4 is 0 Å². The molecule has 6 aliphatic rings. The van der Waals surface area contributed by atoms with E-state index in [4.69, 9.17) is 28.4 Å². The minimum absolute atomic E-state index is 0.0289. The zero-order chi connectivity index (χ0) is 40.1. The van der Waals surface area contributed by atoms with Gasteiger partial charge in [0.05, 0.1) is 31.5 Å². The second-order valence-corrected chi connectivity index (χ2v) is 18.6. The predicted octanol–water partition coefficient (Wildman–Crippen LogP) is 1.40. The highest BCUT2D eigenvalue weighted by molar-refractivity contribution is 5.40. The lowest BCUT2D eigenvalue weighted by atomic mass is 9.47. The monoisotopic (exact) mass is 786 g/mol. The summed E-state index contributed by atoms with van der Waals surface area (Å²) in [5.74, 6) is 0.353. The summed E-state index contributed by atoms with van der Waals surface area (Å²) in [5.41, 5.74) is 1.26. The summed E-state index contributed by atoms with van der Waals surface area (Å²) in [6.07, 6.45) is -8.71. The van der Waals surface area contributed by atoms with Crippen molar-refractivity contribution in [1.82, 2.24) is 0 Å². The van der Waals surface area contributed by atoms with Gasteiger partial charge in [0, 0.05) is 14.2 Å². The molecule has 0 aromatic rings. The molecule has 0 aromatic carbocycles. The van der Waals surface area contributed by atoms with E-state index >= 15 is 0 Å². The Morgan fingerprint density at radius 3 is 2.20 bits per heavy atom. The number of hydrogen-bond acceptors (Lipinski definition) is 14. The van der Waals surface area contributed by atoms with Gasteiger partial charge in [-0.05, 0) is 84.5 Å². The lowest BCUT2D eigenvalue weighted by Gasteiger charge is -2.60. The SMILES string of the molecule is COC[C@@H](O)[C@@H]1O[C@@H](O[C@@H]2C3=C4C[C@@H](O[C@@H]5O[C@H](CO)[C@@H](O)[C@H](OC)[C@H]5O)[C@H]([C@H](C)CCCC(C)C)[C@@]4(C)CC[C@@H]3[C@@]3(C)CC[C@@H](O)C[C@@H]3[C@@H]2O)[C@H](O)[C@H]1O. The lowest BCUT2D eigenvalue weighted by molar-refractivity contribution is -0.318. The van der Waals surface area contributed by atoms with Gasteiger partial charge in [-0.2, -0.15) is 0 Å². The quantitative estimate of drug-likeness (QED) is 0.117. The Morgan fingerprint density at radius 1 is 0.836 bits per heavy atom. The molecule has 0 bridgehead atoms. The Morgan fingerprint density at radius 2 is 1.55 bits per heavy atom. The fourth-order valence-electron chi connectivity index (χ4n) is 11.9. The third kappa shape index (κ3) is 7.97. The second-order valence-electron chi connectivity index (χ2n) is 18.6. The number of methoxy groups -OCH3 is 2. The van der Waals surface area contributed by atoms with Gasteiger partial charge in [-0.15, -0.1) is 0 Å². The number of aliphatic hydroxyl groups is 8. The van der Waals surface area contributed by atoms with Crippen molar-refractivity contribution in [2.75, 3.05) is 27.4 Å². The fraction of sp³-hybridized carbons (Fsp3) is 0.951. The highest BCUT2D eigenvalue weighted by Crippen LogP contribution is 2.67. The summed E-state index contributed by atoms with van der Waals surface area (Å²) >= 11 is 0. The summed E-state index contributed by atoms with van der Waals surface area (Å²) in [7, 11) is 2.81. The van der Waals surface area contributed by atoms with Crippen molar-refractivity contribution in [3.05, 3.63) is 11.1 Å². The van der Waals surface area contributed by atoms with Crippen molar-refractivity contribution < 1.29 is 69.3 Å². The maximum absolute atomic E-state index is 12.4. The fourth-order valence-corrected chi connectivity index (χ4v) is 11.9. The van der Waals surface area contributed by atoms with E-state index in [0.717, 1.165) is 43.3 Å². The number of ether oxygens (including phenoxy) is 6. The summed E-state index contributed by atoms with van der Waals surface area (Å²) in [5, 5.41) is 88.3. The molecule has 14 nitrogen and oxygen atoms in total. The molecule has 318 valence electrons. The predicted molar refractivity (Wildman–Crippen MR) is 198 cm³/mol. The molecule has 20 atom stereocenters. The van der Waals surface area contributed by atoms with E-state index < -0.39 is 97.8 Å². The molecule has 0 amide bonds. The third-order valence-corrected chi connectivity index (χ3v) is 14.8. The van der Waals surface area contributed by atoms with Crippen LogP contribution in [0.2, 0.25) is 0 Å². The molecular weight excluding hydrogens is 716 g/mol. The van der Waals surface area contributed by atoms with Gasteiger partial charge >= 0.3 is 0 Å². The van der Waals surface area contributed by atoms with Crippen LogP contribution in [0, 0.1) is 40.4 Å². The molecule has 8 N–H and O–H groups in total. The smallest absolute Gasteiger partial charge is 0.187 e. The minimum Gasteiger partial charge on any atom is -0.394 e. The molecule has 0 aromatic heterocycles. The van der Waals surface area contributed by atoms with Crippen molar-refractivity contribution in [1.29, 1.82) is 0 Å². The highest BCUT2D eigenvalue weighted by atomic mass is 16.7. The minimum atomic E-state index is -1.50. The second kappa shape index (κ2) is 17.4. The topological polar surface area (TPSA) is 217 Å². The molecule has 6 rings (SSSR count). The van der Waals surface area contributed by atoms with E-state index in [1.807, 2.05) is 0 Å². The van der Waals surface area contributed by atoms with Crippen LogP contribution in [0.25, 0.3) is 0 Å². The average molecular weight is 787 g/mol. The average Bonchev–Trinajstić information content (AvgIpc) is 3.59. The van der Waals surface area contributed by atoms with E-state index in [2.05, 4.69) is 34.6 Å². The molecule has 14 heteroatoms. The van der Waals surface area contributed by atoms with Crippen LogP contribution in [0.4, 0.5) is 0 Å². The van der Waals surface area contributed by atoms with Crippen LogP contribution >= 0.6 is 0 Å². The van der Waals surface area contributed by atoms with Gasteiger partial charge in [-0.1, -0.05) is 59.5 Å². The zero-order valence-electron chi connectivity index (χ0n) is 33.8. The van der Waals surface area contributed by atoms with Crippen molar-refractivity contribution in [3.63, 3.8) is 0 Å². The normalized spacial score (nSPS) is 48.4. The van der Waals surface area contributed by atoms with Gasteiger partial charge in [-0.3, -0.25) is 0 Å². The Balaban J connectivity index is 1.42. The molecule has 4 aliphatic carbocycles. The molecule has 0 radical (unpaired) electrons. The molecule has 0 unspecified atom stereocenters. The van der Waals surface area contributed by atoms with E-state index in [1.165, 1.54) is 14.2 Å². The maximum atomic E-state index is 12.4. The first kappa shape index (κ1) is 43.8. The molecule has 2 saturated heterocycles. The molecule has 0 spiro atoms. The molecule has 2 heterocycles. The van der Waals surface area contributed by atoms with Crippen molar-refractivity contribution in [2.24, 2.45) is 40.4 Å². The Hall–Kier alpha value is -0.820. The summed E-state index contributed by atoms with van der Waals surface area (Å²) in [4.78, 5) is 0. The van der Waals surface area contributed by atoms with Gasteiger partial charge in [0.15, 0.2) is 12.6 Å². The third-order valence-electron chi connectivity index (χ3n) is 14.8. The first-order valence-electron chi connectivity index (χ1n) is 20.8. The molecule has 3 saturated carbocycles. The van der Waals surface area contributed by atoms with E-state index in [-0.39, 0.29) is 35.7 Å². The standard InChI is InChI=1S/C41H70O14/c1-19(2)9-8-10-20(3)29-26(52-39-34(49)37(51-7)31(46)27(17-42)53-39)16-23-28-22(12-14-41(23,29)5)40(4)13-11-21(43)15-24(40)30(45)36(28)55-38-33(48)32(47)35(54-38)25(44)18-50-6/h19-22,24-27,29-39,42-49H,8-18H2,1-7H3/t20-,21-,22+,24-,25-,26-,27-,29+,30+,31-,32-,33-,34-,35+,36-,37+,38+,39-,40-,41+/m1/s1. The molecular formula is C41H70O14. The van der Waals surface area contributed by atoms with Crippen LogP contribution in [0.1, 0.15) is 92.4 Å². The highest BCUT2D eigenvalue weighted by Gasteiger charge is 2.64. The number of rotatable bonds is 14. The van der Waals surface area contributed by atoms with Crippen molar-refractivity contribution in [2.45, 2.75) is 178 Å². The van der Waals surface area contributed by atoms with Crippen LogP contribution in [0.15, 0.2) is 11.1 Å². The van der Waals surface area contributed by atoms with Gasteiger partial charge < -0.3 is 69.3 Å². The van der Waals surface area contributed by atoms with Crippen LogP contribution in [-0.2, 0) is 28.4 Å². The zero-order valence-corrected chi connectivity index (χ0v) is 33.8. The molecule has 55 heavy (non-hydrogen) atoms. The Kier molecular flexibility index (Phi) is 13.9. The maximum Gasteiger partial charge on any atom is 0.187 e. The van der Waals surface area contributed by atoms with Gasteiger partial charge in [0.2, 0.25) is 0 Å². The largest absolute Gasteiger partial charge is 0.394 e. The van der Waals surface area contributed by atoms with Crippen LogP contribution in [0.3, 0.4) is 0 Å². The van der Waals surface area contributed by atoms with E-state index in [1.54, 1.807) is 0 Å². The van der Waals surface area contributed by atoms with Gasteiger partial charge in [0.25, 0.3) is 0 Å². The Bertz CT molecular complexity index is 1320. The summed E-state index contributed by atoms with van der Waals surface area (Å²) in [6.45, 7) is 10.6. The summed E-state index contributed by atoms with van der Waals surface area (Å²) in [6, 6.07) is 0. The molecule has 2 aliphatic heterocycles. The van der Waals surface area contributed by atoms with Gasteiger partial charge in [-0.25, -0.2) is 0 Å². The van der Waals surface area contributed by atoms with Crippen LogP contribution in [-0.4, -0.2) is 154 Å². The number of aliphatic hydroxyl groups excluding tert-OH is 8. The van der Waals surface area contributed by atoms with E-state index in [9.17, 15) is 40.9 Å². The Labute approximate surface area is 326 Å².